The van der Waals surface area contributed by atoms with Crippen molar-refractivity contribution in [2.75, 3.05) is 20.8 Å². The molecule has 0 aliphatic rings. The van der Waals surface area contributed by atoms with Crippen molar-refractivity contribution < 1.29 is 33.0 Å². The number of benzene rings is 2. The molecule has 2 aromatic carbocycles. The smallest absolute Gasteiger partial charge is 0.336 e. The molecule has 37 heavy (non-hydrogen) atoms. The zero-order valence-electron chi connectivity index (χ0n) is 20.6. The number of rotatable bonds is 11. The van der Waals surface area contributed by atoms with Gasteiger partial charge in [-0.2, -0.15) is 5.26 Å². The third kappa shape index (κ3) is 7.50. The van der Waals surface area contributed by atoms with Crippen molar-refractivity contribution in [2.45, 2.75) is 13.5 Å². The Balaban J connectivity index is 1.72. The summed E-state index contributed by atoms with van der Waals surface area (Å²) in [6.45, 7) is 2.25. The van der Waals surface area contributed by atoms with Gasteiger partial charge >= 0.3 is 5.97 Å². The highest BCUT2D eigenvalue weighted by atomic mass is 16.6. The summed E-state index contributed by atoms with van der Waals surface area (Å²) >= 11 is 0. The Labute approximate surface area is 214 Å². The number of nitriles is 1. The van der Waals surface area contributed by atoms with Crippen LogP contribution in [-0.4, -0.2) is 32.7 Å². The van der Waals surface area contributed by atoms with Crippen molar-refractivity contribution >= 4 is 24.0 Å². The van der Waals surface area contributed by atoms with Crippen molar-refractivity contribution in [3.8, 4) is 29.1 Å². The molecule has 190 valence electrons. The van der Waals surface area contributed by atoms with Crippen LogP contribution in [0.15, 0.2) is 70.9 Å². The fourth-order valence-corrected chi connectivity index (χ4v) is 3.22. The van der Waals surface area contributed by atoms with Gasteiger partial charge in [-0.15, -0.1) is 0 Å². The summed E-state index contributed by atoms with van der Waals surface area (Å²) in [5, 5.41) is 12.1. The Kier molecular flexibility index (Phi) is 9.51. The SMILES string of the molecule is CCOc1cc(/C=C(\C#N)C(=O)NCc2ccco2)ccc1OC(=O)/C=C/c1ccc(OC)c(OC)c1. The van der Waals surface area contributed by atoms with E-state index in [0.29, 0.717) is 29.4 Å². The van der Waals surface area contributed by atoms with Crippen LogP contribution in [0.4, 0.5) is 0 Å². The van der Waals surface area contributed by atoms with Crippen molar-refractivity contribution in [1.29, 1.82) is 5.26 Å². The van der Waals surface area contributed by atoms with Crippen LogP contribution in [0.1, 0.15) is 23.8 Å². The molecule has 0 bridgehead atoms. The number of nitrogens with one attached hydrogen (secondary N) is 1. The molecule has 0 aliphatic carbocycles. The number of furan rings is 1. The van der Waals surface area contributed by atoms with E-state index in [1.165, 1.54) is 31.6 Å². The van der Waals surface area contributed by atoms with Gasteiger partial charge in [0.05, 0.1) is 33.6 Å². The van der Waals surface area contributed by atoms with E-state index in [2.05, 4.69) is 5.32 Å². The molecule has 9 nitrogen and oxygen atoms in total. The number of ether oxygens (including phenoxy) is 4. The molecule has 0 aliphatic heterocycles. The molecule has 0 spiro atoms. The highest BCUT2D eigenvalue weighted by Crippen LogP contribution is 2.30. The summed E-state index contributed by atoms with van der Waals surface area (Å²) in [6, 6.07) is 15.3. The molecule has 0 saturated carbocycles. The molecule has 1 aromatic heterocycles. The highest BCUT2D eigenvalue weighted by Gasteiger charge is 2.13. The maximum Gasteiger partial charge on any atom is 0.336 e. The molecule has 0 saturated heterocycles. The van der Waals surface area contributed by atoms with Crippen molar-refractivity contribution in [2.24, 2.45) is 0 Å². The van der Waals surface area contributed by atoms with E-state index in [4.69, 9.17) is 23.4 Å². The van der Waals surface area contributed by atoms with Crippen LogP contribution < -0.4 is 24.3 Å². The lowest BCUT2D eigenvalue weighted by atomic mass is 10.1. The summed E-state index contributed by atoms with van der Waals surface area (Å²) in [6.07, 6.45) is 5.78. The lowest BCUT2D eigenvalue weighted by Gasteiger charge is -2.11. The largest absolute Gasteiger partial charge is 0.493 e. The van der Waals surface area contributed by atoms with Gasteiger partial charge in [0, 0.05) is 6.08 Å². The number of methoxy groups -OCH3 is 2. The first-order chi connectivity index (χ1) is 18.0. The molecule has 3 aromatic rings. The van der Waals surface area contributed by atoms with Gasteiger partial charge in [-0.05, 0) is 66.6 Å². The lowest BCUT2D eigenvalue weighted by molar-refractivity contribution is -0.129. The van der Waals surface area contributed by atoms with Crippen LogP contribution >= 0.6 is 0 Å². The molecule has 1 N–H and O–H groups in total. The molecule has 1 amide bonds. The fraction of sp³-hybridized carbons (Fsp3) is 0.179. The lowest BCUT2D eigenvalue weighted by Crippen LogP contribution is -2.23. The van der Waals surface area contributed by atoms with Gasteiger partial charge in [0.25, 0.3) is 5.91 Å². The van der Waals surface area contributed by atoms with Crippen LogP contribution in [0.2, 0.25) is 0 Å². The molecular weight excluding hydrogens is 476 g/mol. The van der Waals surface area contributed by atoms with E-state index in [0.717, 1.165) is 5.56 Å². The standard InChI is InChI=1S/C28H26N2O7/c1-4-35-26-16-20(14-21(17-29)28(32)30-18-22-6-5-13-36-22)8-11-24(26)37-27(31)12-9-19-7-10-23(33-2)25(15-19)34-3/h5-16H,4,18H2,1-3H3,(H,30,32)/b12-9+,21-14+. The minimum absolute atomic E-state index is 0.100. The van der Waals surface area contributed by atoms with E-state index in [9.17, 15) is 14.9 Å². The summed E-state index contributed by atoms with van der Waals surface area (Å²) in [7, 11) is 3.07. The predicted molar refractivity (Wildman–Crippen MR) is 136 cm³/mol. The summed E-state index contributed by atoms with van der Waals surface area (Å²) in [5.41, 5.74) is 1.14. The Morgan fingerprint density at radius 3 is 2.41 bits per heavy atom. The number of amides is 1. The van der Waals surface area contributed by atoms with Gasteiger partial charge in [-0.25, -0.2) is 4.79 Å². The van der Waals surface area contributed by atoms with E-state index in [1.807, 2.05) is 6.07 Å². The Morgan fingerprint density at radius 1 is 1.00 bits per heavy atom. The molecule has 0 unspecified atom stereocenters. The maximum atomic E-state index is 12.5. The normalized spacial score (nSPS) is 11.0. The molecule has 3 rings (SSSR count). The van der Waals surface area contributed by atoms with Gasteiger partial charge in [-0.1, -0.05) is 12.1 Å². The van der Waals surface area contributed by atoms with E-state index in [-0.39, 0.29) is 23.6 Å². The second-order valence-corrected chi connectivity index (χ2v) is 7.44. The van der Waals surface area contributed by atoms with E-state index >= 15 is 0 Å². The summed E-state index contributed by atoms with van der Waals surface area (Å²) in [4.78, 5) is 24.8. The minimum Gasteiger partial charge on any atom is -0.493 e. The predicted octanol–water partition coefficient (Wildman–Crippen LogP) is 4.54. The molecule has 0 atom stereocenters. The van der Waals surface area contributed by atoms with E-state index in [1.54, 1.807) is 62.6 Å². The zero-order chi connectivity index (χ0) is 26.6. The number of esters is 1. The number of hydrogen-bond donors (Lipinski definition) is 1. The Bertz CT molecular complexity index is 1340. The molecular formula is C28H26N2O7. The average molecular weight is 503 g/mol. The summed E-state index contributed by atoms with van der Waals surface area (Å²) < 4.78 is 26.7. The Morgan fingerprint density at radius 2 is 1.73 bits per heavy atom. The minimum atomic E-state index is -0.617. The van der Waals surface area contributed by atoms with Gasteiger partial charge in [0.2, 0.25) is 0 Å². The molecule has 9 heteroatoms. The maximum absolute atomic E-state index is 12.5. The fourth-order valence-electron chi connectivity index (χ4n) is 3.22. The van der Waals surface area contributed by atoms with Crippen molar-refractivity contribution in [3.63, 3.8) is 0 Å². The van der Waals surface area contributed by atoms with Crippen LogP contribution in [0.25, 0.3) is 12.2 Å². The van der Waals surface area contributed by atoms with Crippen molar-refractivity contribution in [3.05, 3.63) is 83.3 Å². The quantitative estimate of drug-likeness (QED) is 0.176. The van der Waals surface area contributed by atoms with Crippen LogP contribution in [0, 0.1) is 11.3 Å². The van der Waals surface area contributed by atoms with Gasteiger partial charge in [-0.3, -0.25) is 4.79 Å². The molecule has 0 radical (unpaired) electrons. The number of hydrogen-bond acceptors (Lipinski definition) is 8. The second kappa shape index (κ2) is 13.2. The summed E-state index contributed by atoms with van der Waals surface area (Å²) in [5.74, 6) is 0.996. The van der Waals surface area contributed by atoms with Crippen LogP contribution in [0.5, 0.6) is 23.0 Å². The first-order valence-corrected chi connectivity index (χ1v) is 11.3. The average Bonchev–Trinajstić information content (AvgIpc) is 3.44. The second-order valence-electron chi connectivity index (χ2n) is 7.44. The topological polar surface area (TPSA) is 120 Å². The highest BCUT2D eigenvalue weighted by molar-refractivity contribution is 6.01. The van der Waals surface area contributed by atoms with Gasteiger partial charge in [0.15, 0.2) is 23.0 Å². The van der Waals surface area contributed by atoms with Crippen molar-refractivity contribution in [1.82, 2.24) is 5.32 Å². The Hall–Kier alpha value is -4.97. The third-order valence-electron chi connectivity index (χ3n) is 4.98. The van der Waals surface area contributed by atoms with Crippen LogP contribution in [-0.2, 0) is 16.1 Å². The molecule has 0 fully saturated rings. The molecule has 1 heterocycles. The van der Waals surface area contributed by atoms with Gasteiger partial charge < -0.3 is 28.7 Å². The number of carbonyl (C=O) groups is 2. The number of carbonyl (C=O) groups excluding carboxylic acids is 2. The first kappa shape index (κ1) is 26.6. The zero-order valence-corrected chi connectivity index (χ0v) is 20.6. The number of nitrogens with zero attached hydrogens (tertiary/aromatic N) is 1. The van der Waals surface area contributed by atoms with Gasteiger partial charge in [0.1, 0.15) is 17.4 Å². The van der Waals surface area contributed by atoms with Crippen LogP contribution in [0.3, 0.4) is 0 Å². The monoisotopic (exact) mass is 502 g/mol. The van der Waals surface area contributed by atoms with E-state index < -0.39 is 11.9 Å². The third-order valence-corrected chi connectivity index (χ3v) is 4.98. The first-order valence-electron chi connectivity index (χ1n) is 11.3.